The summed E-state index contributed by atoms with van der Waals surface area (Å²) in [6.45, 7) is 0.935. The highest BCUT2D eigenvalue weighted by Gasteiger charge is 2.10. The van der Waals surface area contributed by atoms with E-state index in [9.17, 15) is 9.18 Å². The number of hydrogen-bond donors (Lipinski definition) is 1. The smallest absolute Gasteiger partial charge is 0.234 e. The minimum atomic E-state index is -0.264. The number of carbonyl (C=O) groups is 1. The van der Waals surface area contributed by atoms with Crippen LogP contribution in [0.2, 0.25) is 0 Å². The van der Waals surface area contributed by atoms with Gasteiger partial charge in [0.05, 0.1) is 20.8 Å². The number of rotatable bonds is 8. The molecular weight excluding hydrogens is 323 g/mol. The molecule has 1 amide bonds. The molecule has 2 aromatic rings. The molecule has 0 aliphatic rings. The van der Waals surface area contributed by atoms with E-state index in [2.05, 4.69) is 5.32 Å². The lowest BCUT2D eigenvalue weighted by atomic mass is 10.2. The van der Waals surface area contributed by atoms with Crippen molar-refractivity contribution in [1.82, 2.24) is 10.2 Å². The highest BCUT2D eigenvalue weighted by Crippen LogP contribution is 2.27. The molecule has 0 bridgehead atoms. The van der Waals surface area contributed by atoms with Crippen LogP contribution in [0, 0.1) is 5.82 Å². The van der Waals surface area contributed by atoms with Crippen molar-refractivity contribution in [1.29, 1.82) is 0 Å². The average molecular weight is 346 g/mol. The molecule has 0 heterocycles. The molecule has 2 aromatic carbocycles. The van der Waals surface area contributed by atoms with Crippen LogP contribution < -0.4 is 14.8 Å². The van der Waals surface area contributed by atoms with Gasteiger partial charge in [0.2, 0.25) is 5.91 Å². The number of carbonyl (C=O) groups excluding carboxylic acids is 1. The normalized spacial score (nSPS) is 10.6. The Balaban J connectivity index is 1.85. The molecule has 0 radical (unpaired) electrons. The van der Waals surface area contributed by atoms with E-state index in [4.69, 9.17) is 9.47 Å². The molecule has 0 saturated heterocycles. The Labute approximate surface area is 147 Å². The van der Waals surface area contributed by atoms with Crippen LogP contribution in [0.4, 0.5) is 4.39 Å². The van der Waals surface area contributed by atoms with Crippen molar-refractivity contribution >= 4 is 5.91 Å². The molecule has 6 heteroatoms. The molecule has 25 heavy (non-hydrogen) atoms. The number of hydrogen-bond acceptors (Lipinski definition) is 4. The summed E-state index contributed by atoms with van der Waals surface area (Å²) < 4.78 is 24.1. The Morgan fingerprint density at radius 1 is 1.12 bits per heavy atom. The zero-order valence-electron chi connectivity index (χ0n) is 14.7. The molecule has 2 rings (SSSR count). The third-order valence-corrected chi connectivity index (χ3v) is 3.75. The summed E-state index contributed by atoms with van der Waals surface area (Å²) in [7, 11) is 4.92. The van der Waals surface area contributed by atoms with Crippen molar-refractivity contribution in [2.45, 2.75) is 13.1 Å². The molecule has 0 unspecified atom stereocenters. The van der Waals surface area contributed by atoms with Crippen molar-refractivity contribution in [3.8, 4) is 11.5 Å². The van der Waals surface area contributed by atoms with Gasteiger partial charge in [-0.1, -0.05) is 24.3 Å². The second-order valence-electron chi connectivity index (χ2n) is 5.73. The van der Waals surface area contributed by atoms with E-state index < -0.39 is 0 Å². The second-order valence-corrected chi connectivity index (χ2v) is 5.73. The zero-order valence-corrected chi connectivity index (χ0v) is 14.7. The summed E-state index contributed by atoms with van der Waals surface area (Å²) in [6.07, 6.45) is 0. The summed E-state index contributed by atoms with van der Waals surface area (Å²) >= 11 is 0. The topological polar surface area (TPSA) is 50.8 Å². The maximum atomic E-state index is 13.6. The highest BCUT2D eigenvalue weighted by atomic mass is 19.1. The minimum Gasteiger partial charge on any atom is -0.493 e. The Morgan fingerprint density at radius 3 is 2.52 bits per heavy atom. The summed E-state index contributed by atoms with van der Waals surface area (Å²) in [5.41, 5.74) is 1.47. The number of amides is 1. The molecule has 0 saturated carbocycles. The maximum absolute atomic E-state index is 13.6. The van der Waals surface area contributed by atoms with Crippen molar-refractivity contribution < 1.29 is 18.7 Å². The van der Waals surface area contributed by atoms with Crippen LogP contribution in [-0.2, 0) is 17.9 Å². The van der Waals surface area contributed by atoms with Crippen molar-refractivity contribution in [2.75, 3.05) is 27.8 Å². The van der Waals surface area contributed by atoms with E-state index in [0.717, 1.165) is 5.56 Å². The first-order valence-electron chi connectivity index (χ1n) is 7.93. The number of ether oxygens (including phenoxy) is 2. The van der Waals surface area contributed by atoms with Gasteiger partial charge in [-0.15, -0.1) is 0 Å². The Bertz CT molecular complexity index is 722. The fourth-order valence-corrected chi connectivity index (χ4v) is 2.47. The van der Waals surface area contributed by atoms with E-state index in [1.54, 1.807) is 50.4 Å². The molecule has 5 nitrogen and oxygen atoms in total. The molecule has 1 N–H and O–H groups in total. The first-order valence-corrected chi connectivity index (χ1v) is 7.93. The van der Waals surface area contributed by atoms with E-state index >= 15 is 0 Å². The third-order valence-electron chi connectivity index (χ3n) is 3.75. The van der Waals surface area contributed by atoms with Gasteiger partial charge < -0.3 is 14.8 Å². The lowest BCUT2D eigenvalue weighted by molar-refractivity contribution is -0.122. The number of halogens is 1. The predicted octanol–water partition coefficient (Wildman–Crippen LogP) is 2.59. The number of nitrogens with one attached hydrogen (secondary N) is 1. The Hall–Kier alpha value is -2.60. The molecule has 0 aliphatic heterocycles. The number of nitrogens with zero attached hydrogens (tertiary/aromatic N) is 1. The fourth-order valence-electron chi connectivity index (χ4n) is 2.47. The van der Waals surface area contributed by atoms with Gasteiger partial charge in [-0.05, 0) is 30.8 Å². The van der Waals surface area contributed by atoms with Gasteiger partial charge in [-0.2, -0.15) is 0 Å². The SMILES string of the molecule is COc1ccc(CNC(=O)CN(C)Cc2ccccc2F)cc1OC. The summed E-state index contributed by atoms with van der Waals surface area (Å²) in [5.74, 6) is 0.863. The van der Waals surface area contributed by atoms with Gasteiger partial charge in [0.1, 0.15) is 5.82 Å². The molecular formula is C19H23FN2O3. The van der Waals surface area contributed by atoms with E-state index in [-0.39, 0.29) is 18.3 Å². The van der Waals surface area contributed by atoms with Crippen LogP contribution >= 0.6 is 0 Å². The molecule has 0 fully saturated rings. The largest absolute Gasteiger partial charge is 0.493 e. The van der Waals surface area contributed by atoms with Crippen LogP contribution in [0.25, 0.3) is 0 Å². The summed E-state index contributed by atoms with van der Waals surface area (Å²) in [5, 5.41) is 2.85. The van der Waals surface area contributed by atoms with E-state index in [1.165, 1.54) is 6.07 Å². The van der Waals surface area contributed by atoms with Gasteiger partial charge >= 0.3 is 0 Å². The van der Waals surface area contributed by atoms with E-state index in [1.807, 2.05) is 12.1 Å². The van der Waals surface area contributed by atoms with Crippen LogP contribution in [0.3, 0.4) is 0 Å². The molecule has 0 aromatic heterocycles. The second kappa shape index (κ2) is 9.03. The van der Waals surface area contributed by atoms with Gasteiger partial charge in [-0.25, -0.2) is 4.39 Å². The highest BCUT2D eigenvalue weighted by molar-refractivity contribution is 5.78. The summed E-state index contributed by atoms with van der Waals surface area (Å²) in [6, 6.07) is 12.0. The third kappa shape index (κ3) is 5.46. The summed E-state index contributed by atoms with van der Waals surface area (Å²) in [4.78, 5) is 13.8. The minimum absolute atomic E-state index is 0.131. The van der Waals surface area contributed by atoms with Crippen molar-refractivity contribution in [2.24, 2.45) is 0 Å². The van der Waals surface area contributed by atoms with Crippen LogP contribution in [0.1, 0.15) is 11.1 Å². The molecule has 0 atom stereocenters. The van der Waals surface area contributed by atoms with Crippen molar-refractivity contribution in [3.63, 3.8) is 0 Å². The Kier molecular flexibility index (Phi) is 6.77. The standard InChI is InChI=1S/C19H23FN2O3/c1-22(12-15-6-4-5-7-16(15)20)13-19(23)21-11-14-8-9-17(24-2)18(10-14)25-3/h4-10H,11-13H2,1-3H3,(H,21,23). The van der Waals surface area contributed by atoms with Crippen LogP contribution in [-0.4, -0.2) is 38.6 Å². The van der Waals surface area contributed by atoms with Gasteiger partial charge in [0, 0.05) is 18.7 Å². The van der Waals surface area contributed by atoms with Gasteiger partial charge in [0.15, 0.2) is 11.5 Å². The fraction of sp³-hybridized carbons (Fsp3) is 0.316. The number of methoxy groups -OCH3 is 2. The number of likely N-dealkylation sites (N-methyl/N-ethyl adjacent to an activating group) is 1. The maximum Gasteiger partial charge on any atom is 0.234 e. The Morgan fingerprint density at radius 2 is 1.84 bits per heavy atom. The molecule has 0 spiro atoms. The quantitative estimate of drug-likeness (QED) is 0.798. The molecule has 134 valence electrons. The monoisotopic (exact) mass is 346 g/mol. The number of benzene rings is 2. The predicted molar refractivity (Wildman–Crippen MR) is 94.1 cm³/mol. The molecule has 0 aliphatic carbocycles. The van der Waals surface area contributed by atoms with Gasteiger partial charge in [0.25, 0.3) is 0 Å². The van der Waals surface area contributed by atoms with Gasteiger partial charge in [-0.3, -0.25) is 9.69 Å². The first kappa shape index (κ1) is 18.7. The van der Waals surface area contributed by atoms with E-state index in [0.29, 0.717) is 30.2 Å². The van der Waals surface area contributed by atoms with Crippen molar-refractivity contribution in [3.05, 3.63) is 59.4 Å². The lowest BCUT2D eigenvalue weighted by Gasteiger charge is -2.17. The average Bonchev–Trinajstić information content (AvgIpc) is 2.61. The zero-order chi connectivity index (χ0) is 18.2. The van der Waals surface area contributed by atoms with Crippen LogP contribution in [0.15, 0.2) is 42.5 Å². The lowest BCUT2D eigenvalue weighted by Crippen LogP contribution is -2.34. The first-order chi connectivity index (χ1) is 12.0. The van der Waals surface area contributed by atoms with Crippen LogP contribution in [0.5, 0.6) is 11.5 Å².